The van der Waals surface area contributed by atoms with Gasteiger partial charge in [-0.15, -0.1) is 10.2 Å². The molecule has 0 bridgehead atoms. The Kier molecular flexibility index (Phi) is 6.36. The van der Waals surface area contributed by atoms with Crippen molar-refractivity contribution in [3.05, 3.63) is 30.3 Å². The smallest absolute Gasteiger partial charge is 0.325 e. The van der Waals surface area contributed by atoms with Gasteiger partial charge < -0.3 is 10.1 Å². The summed E-state index contributed by atoms with van der Waals surface area (Å²) in [4.78, 5) is 23.4. The Morgan fingerprint density at radius 2 is 2.00 bits per heavy atom. The van der Waals surface area contributed by atoms with Crippen molar-refractivity contribution in [1.29, 1.82) is 0 Å². The van der Waals surface area contributed by atoms with Gasteiger partial charge in [-0.1, -0.05) is 41.3 Å². The summed E-state index contributed by atoms with van der Waals surface area (Å²) >= 11 is 2.44. The number of thioether (sulfide) groups is 1. The van der Waals surface area contributed by atoms with Crippen molar-refractivity contribution in [2.75, 3.05) is 17.2 Å². The monoisotopic (exact) mass is 352 g/mol. The molecule has 0 fully saturated rings. The average molecular weight is 352 g/mol. The van der Waals surface area contributed by atoms with Crippen LogP contribution in [0.2, 0.25) is 0 Å². The number of ether oxygens (including phenoxy) is 1. The van der Waals surface area contributed by atoms with Crippen molar-refractivity contribution in [3.63, 3.8) is 0 Å². The average Bonchev–Trinajstić information content (AvgIpc) is 2.95. The van der Waals surface area contributed by atoms with E-state index in [9.17, 15) is 9.59 Å². The number of aromatic nitrogens is 2. The molecular formula is C14H16N4O3S2. The van der Waals surface area contributed by atoms with E-state index < -0.39 is 6.03 Å². The lowest BCUT2D eigenvalue weighted by Crippen LogP contribution is -2.19. The van der Waals surface area contributed by atoms with Gasteiger partial charge in [-0.05, 0) is 26.0 Å². The van der Waals surface area contributed by atoms with Crippen LogP contribution in [0.25, 0.3) is 0 Å². The van der Waals surface area contributed by atoms with E-state index >= 15 is 0 Å². The molecule has 2 N–H and O–H groups in total. The zero-order valence-electron chi connectivity index (χ0n) is 12.6. The largest absolute Gasteiger partial charge is 0.465 e. The molecule has 2 amide bonds. The molecule has 0 saturated heterocycles. The number of amides is 2. The number of hydrogen-bond donors (Lipinski definition) is 2. The Labute approximate surface area is 141 Å². The van der Waals surface area contributed by atoms with Gasteiger partial charge in [0.25, 0.3) is 0 Å². The standard InChI is InChI=1S/C14H16N4O3S2/c1-3-21-11(19)9(2)22-14-18-17-13(23-14)16-12(20)15-10-7-5-4-6-8-10/h4-9H,3H2,1-2H3,(H2,15,16,17,20)/t9-/m1/s1. The summed E-state index contributed by atoms with van der Waals surface area (Å²) in [6, 6.07) is 8.67. The first-order valence-electron chi connectivity index (χ1n) is 6.88. The van der Waals surface area contributed by atoms with Gasteiger partial charge in [0.1, 0.15) is 5.25 Å². The summed E-state index contributed by atoms with van der Waals surface area (Å²) in [6.07, 6.45) is 0. The number of nitrogens with zero attached hydrogens (tertiary/aromatic N) is 2. The van der Waals surface area contributed by atoms with Gasteiger partial charge >= 0.3 is 12.0 Å². The Bertz CT molecular complexity index is 663. The lowest BCUT2D eigenvalue weighted by atomic mass is 10.3. The molecule has 0 saturated carbocycles. The summed E-state index contributed by atoms with van der Waals surface area (Å²) < 4.78 is 5.51. The van der Waals surface area contributed by atoms with Gasteiger partial charge in [0.15, 0.2) is 4.34 Å². The van der Waals surface area contributed by atoms with Crippen molar-refractivity contribution < 1.29 is 14.3 Å². The van der Waals surface area contributed by atoms with Gasteiger partial charge in [-0.2, -0.15) is 0 Å². The summed E-state index contributed by atoms with van der Waals surface area (Å²) in [7, 11) is 0. The number of esters is 1. The quantitative estimate of drug-likeness (QED) is 0.471. The number of para-hydroxylation sites is 1. The molecule has 0 spiro atoms. The van der Waals surface area contributed by atoms with Crippen molar-refractivity contribution in [3.8, 4) is 0 Å². The maximum Gasteiger partial charge on any atom is 0.325 e. The number of carbonyl (C=O) groups is 2. The fourth-order valence-corrected chi connectivity index (χ4v) is 3.44. The summed E-state index contributed by atoms with van der Waals surface area (Å²) in [5.41, 5.74) is 0.681. The zero-order valence-corrected chi connectivity index (χ0v) is 14.2. The molecule has 122 valence electrons. The van der Waals surface area contributed by atoms with Gasteiger partial charge in [0.05, 0.1) is 6.61 Å². The van der Waals surface area contributed by atoms with Crippen LogP contribution < -0.4 is 10.6 Å². The van der Waals surface area contributed by atoms with E-state index in [1.807, 2.05) is 18.2 Å². The number of benzene rings is 1. The first-order chi connectivity index (χ1) is 11.1. The van der Waals surface area contributed by atoms with Crippen LogP contribution in [-0.4, -0.2) is 34.1 Å². The minimum Gasteiger partial charge on any atom is -0.465 e. The molecule has 2 aromatic rings. The first-order valence-corrected chi connectivity index (χ1v) is 8.58. The van der Waals surface area contributed by atoms with E-state index in [0.717, 1.165) is 0 Å². The maximum absolute atomic E-state index is 11.8. The second kappa shape index (κ2) is 8.49. The zero-order chi connectivity index (χ0) is 16.7. The molecule has 1 aromatic heterocycles. The van der Waals surface area contributed by atoms with Crippen molar-refractivity contribution in [1.82, 2.24) is 10.2 Å². The molecule has 7 nitrogen and oxygen atoms in total. The number of carbonyl (C=O) groups excluding carboxylic acids is 2. The molecule has 9 heteroatoms. The second-order valence-corrected chi connectivity index (χ2v) is 6.90. The van der Waals surface area contributed by atoms with Gasteiger partial charge in [0, 0.05) is 5.69 Å². The van der Waals surface area contributed by atoms with Crippen molar-refractivity contribution >= 4 is 45.9 Å². The predicted molar refractivity (Wildman–Crippen MR) is 90.9 cm³/mol. The number of rotatable bonds is 6. The lowest BCUT2D eigenvalue weighted by molar-refractivity contribution is -0.142. The topological polar surface area (TPSA) is 93.2 Å². The number of hydrogen-bond acceptors (Lipinski definition) is 7. The highest BCUT2D eigenvalue weighted by Crippen LogP contribution is 2.29. The molecule has 0 radical (unpaired) electrons. The Balaban J connectivity index is 1.87. The number of urea groups is 1. The minimum absolute atomic E-state index is 0.302. The molecule has 23 heavy (non-hydrogen) atoms. The van der Waals surface area contributed by atoms with Gasteiger partial charge in [0.2, 0.25) is 5.13 Å². The van der Waals surface area contributed by atoms with E-state index in [1.54, 1.807) is 26.0 Å². The van der Waals surface area contributed by atoms with Gasteiger partial charge in [-0.25, -0.2) is 4.79 Å². The van der Waals surface area contributed by atoms with Crippen LogP contribution in [0.4, 0.5) is 15.6 Å². The maximum atomic E-state index is 11.8. The Hall–Kier alpha value is -2.13. The van der Waals surface area contributed by atoms with E-state index in [0.29, 0.717) is 21.8 Å². The molecule has 2 rings (SSSR count). The summed E-state index contributed by atoms with van der Waals surface area (Å²) in [5, 5.41) is 13.1. The normalized spacial score (nSPS) is 11.6. The van der Waals surface area contributed by atoms with Crippen LogP contribution in [0, 0.1) is 0 Å². The van der Waals surface area contributed by atoms with Crippen LogP contribution in [0.15, 0.2) is 34.7 Å². The molecule has 0 aliphatic rings. The predicted octanol–water partition coefficient (Wildman–Crippen LogP) is 3.23. The van der Waals surface area contributed by atoms with Crippen LogP contribution in [0.5, 0.6) is 0 Å². The van der Waals surface area contributed by atoms with Gasteiger partial charge in [-0.3, -0.25) is 10.1 Å². The highest BCUT2D eigenvalue weighted by atomic mass is 32.2. The molecule has 0 aliphatic carbocycles. The molecule has 0 aliphatic heterocycles. The second-order valence-electron chi connectivity index (χ2n) is 4.33. The summed E-state index contributed by atoms with van der Waals surface area (Å²) in [5.74, 6) is -0.302. The third-order valence-electron chi connectivity index (χ3n) is 2.55. The lowest BCUT2D eigenvalue weighted by Gasteiger charge is -2.07. The fraction of sp³-hybridized carbons (Fsp3) is 0.286. The van der Waals surface area contributed by atoms with E-state index in [2.05, 4.69) is 20.8 Å². The molecule has 0 unspecified atom stereocenters. The van der Waals surface area contributed by atoms with E-state index in [4.69, 9.17) is 4.74 Å². The van der Waals surface area contributed by atoms with E-state index in [1.165, 1.54) is 23.1 Å². The third kappa shape index (κ3) is 5.53. The van der Waals surface area contributed by atoms with Crippen LogP contribution >= 0.6 is 23.1 Å². The molecular weight excluding hydrogens is 336 g/mol. The fourth-order valence-electron chi connectivity index (χ4n) is 1.55. The van der Waals surface area contributed by atoms with Crippen LogP contribution in [0.3, 0.4) is 0 Å². The van der Waals surface area contributed by atoms with Crippen LogP contribution in [-0.2, 0) is 9.53 Å². The first kappa shape index (κ1) is 17.2. The summed E-state index contributed by atoms with van der Waals surface area (Å²) in [6.45, 7) is 3.83. The SMILES string of the molecule is CCOC(=O)[C@@H](C)Sc1nnc(NC(=O)Nc2ccccc2)s1. The molecule has 1 aromatic carbocycles. The highest BCUT2D eigenvalue weighted by Gasteiger charge is 2.18. The number of nitrogens with one attached hydrogen (secondary N) is 2. The van der Waals surface area contributed by atoms with E-state index in [-0.39, 0.29) is 11.2 Å². The minimum atomic E-state index is -0.401. The van der Waals surface area contributed by atoms with Crippen molar-refractivity contribution in [2.45, 2.75) is 23.4 Å². The Morgan fingerprint density at radius 3 is 2.70 bits per heavy atom. The third-order valence-corrected chi connectivity index (χ3v) is 4.56. The molecule has 1 heterocycles. The van der Waals surface area contributed by atoms with Crippen molar-refractivity contribution in [2.24, 2.45) is 0 Å². The number of anilines is 2. The Morgan fingerprint density at radius 1 is 1.26 bits per heavy atom. The molecule has 1 atom stereocenters. The highest BCUT2D eigenvalue weighted by molar-refractivity contribution is 8.02. The van der Waals surface area contributed by atoms with Crippen LogP contribution in [0.1, 0.15) is 13.8 Å².